The molecule has 6 nitrogen and oxygen atoms in total. The van der Waals surface area contributed by atoms with Crippen molar-refractivity contribution < 1.29 is 19.4 Å². The molecule has 0 spiro atoms. The minimum atomic E-state index is -0.332. The Morgan fingerprint density at radius 1 is 1.00 bits per heavy atom. The highest BCUT2D eigenvalue weighted by atomic mass is 16.7. The van der Waals surface area contributed by atoms with Gasteiger partial charge in [-0.2, -0.15) is 0 Å². The molecule has 112 valence electrons. The summed E-state index contributed by atoms with van der Waals surface area (Å²) in [4.78, 5) is 11.9. The number of carbonyl (C=O) groups excluding carboxylic acids is 1. The Bertz CT molecular complexity index is 725. The summed E-state index contributed by atoms with van der Waals surface area (Å²) in [6, 6.07) is 11.3. The predicted octanol–water partition coefficient (Wildman–Crippen LogP) is 2.03. The fraction of sp³-hybridized carbons (Fsp3) is 0.0625. The number of hydrogen-bond donors (Lipinski definition) is 3. The first-order chi connectivity index (χ1) is 10.6. The summed E-state index contributed by atoms with van der Waals surface area (Å²) in [5, 5.41) is 9.20. The van der Waals surface area contributed by atoms with Gasteiger partial charge in [-0.15, -0.1) is 0 Å². The molecule has 0 aromatic heterocycles. The molecule has 1 aliphatic heterocycles. The van der Waals surface area contributed by atoms with Crippen LogP contribution in [0.3, 0.4) is 0 Å². The molecule has 2 aromatic rings. The molecule has 1 heterocycles. The van der Waals surface area contributed by atoms with Crippen LogP contribution < -0.4 is 20.3 Å². The lowest BCUT2D eigenvalue weighted by Gasteiger charge is -2.11. The van der Waals surface area contributed by atoms with Crippen LogP contribution in [0.25, 0.3) is 5.70 Å². The zero-order valence-electron chi connectivity index (χ0n) is 11.6. The van der Waals surface area contributed by atoms with E-state index < -0.39 is 0 Å². The number of amides is 1. The van der Waals surface area contributed by atoms with E-state index in [1.165, 1.54) is 24.3 Å². The van der Waals surface area contributed by atoms with Gasteiger partial charge in [0.05, 0.1) is 5.70 Å². The average molecular weight is 298 g/mol. The van der Waals surface area contributed by atoms with Crippen molar-refractivity contribution in [2.24, 2.45) is 0 Å². The van der Waals surface area contributed by atoms with E-state index in [-0.39, 0.29) is 18.4 Å². The van der Waals surface area contributed by atoms with E-state index in [1.807, 2.05) is 6.07 Å². The zero-order valence-corrected chi connectivity index (χ0v) is 11.6. The van der Waals surface area contributed by atoms with Crippen molar-refractivity contribution in [3.05, 3.63) is 60.2 Å². The lowest BCUT2D eigenvalue weighted by molar-refractivity contribution is 0.0942. The van der Waals surface area contributed by atoms with Crippen molar-refractivity contribution in [1.29, 1.82) is 0 Å². The van der Waals surface area contributed by atoms with Gasteiger partial charge in [-0.1, -0.05) is 6.58 Å². The van der Waals surface area contributed by atoms with Crippen LogP contribution in [-0.4, -0.2) is 17.8 Å². The van der Waals surface area contributed by atoms with Crippen LogP contribution >= 0.6 is 0 Å². The van der Waals surface area contributed by atoms with E-state index >= 15 is 0 Å². The van der Waals surface area contributed by atoms with Gasteiger partial charge in [-0.3, -0.25) is 15.6 Å². The van der Waals surface area contributed by atoms with Gasteiger partial charge in [0.1, 0.15) is 5.75 Å². The number of phenolic OH excluding ortho intramolecular Hbond substituents is 1. The van der Waals surface area contributed by atoms with E-state index in [1.54, 1.807) is 12.1 Å². The Kier molecular flexibility index (Phi) is 3.57. The van der Waals surface area contributed by atoms with Crippen molar-refractivity contribution >= 4 is 11.6 Å². The molecule has 0 fully saturated rings. The van der Waals surface area contributed by atoms with E-state index in [0.29, 0.717) is 22.8 Å². The smallest absolute Gasteiger partial charge is 0.269 e. The maximum atomic E-state index is 11.9. The third kappa shape index (κ3) is 2.80. The van der Waals surface area contributed by atoms with Gasteiger partial charge < -0.3 is 14.6 Å². The highest BCUT2D eigenvalue weighted by Gasteiger charge is 2.14. The first kappa shape index (κ1) is 13.8. The topological polar surface area (TPSA) is 79.8 Å². The normalized spacial score (nSPS) is 11.8. The minimum Gasteiger partial charge on any atom is -0.508 e. The molecule has 3 N–H and O–H groups in total. The Labute approximate surface area is 127 Å². The van der Waals surface area contributed by atoms with Gasteiger partial charge in [0.25, 0.3) is 5.91 Å². The Hall–Kier alpha value is -3.15. The van der Waals surface area contributed by atoms with Gasteiger partial charge >= 0.3 is 0 Å². The average Bonchev–Trinajstić information content (AvgIpc) is 3.00. The molecule has 6 heteroatoms. The molecule has 0 saturated carbocycles. The predicted molar refractivity (Wildman–Crippen MR) is 80.3 cm³/mol. The molecule has 2 aromatic carbocycles. The molecule has 0 saturated heterocycles. The number of hydrogen-bond acceptors (Lipinski definition) is 5. The van der Waals surface area contributed by atoms with Gasteiger partial charge in [0, 0.05) is 11.1 Å². The van der Waals surface area contributed by atoms with Gasteiger partial charge in [0.15, 0.2) is 11.5 Å². The second kappa shape index (κ2) is 5.69. The second-order valence-electron chi connectivity index (χ2n) is 4.67. The minimum absolute atomic E-state index is 0.106. The quantitative estimate of drug-likeness (QED) is 0.753. The van der Waals surface area contributed by atoms with Crippen molar-refractivity contribution in [2.75, 3.05) is 6.79 Å². The number of carbonyl (C=O) groups is 1. The summed E-state index contributed by atoms with van der Waals surface area (Å²) >= 11 is 0. The largest absolute Gasteiger partial charge is 0.508 e. The molecule has 0 bridgehead atoms. The third-order valence-corrected chi connectivity index (χ3v) is 3.18. The Balaban J connectivity index is 1.62. The molecular weight excluding hydrogens is 284 g/mol. The SMILES string of the molecule is C=C(NNC(=O)c1ccc(O)cc1)c1ccc2c(c1)OCO2. The standard InChI is InChI=1S/C16H14N2O4/c1-10(12-4-7-14-15(8-12)22-9-21-14)17-18-16(20)11-2-5-13(19)6-3-11/h2-8,17,19H,1,9H2,(H,18,20). The van der Waals surface area contributed by atoms with Crippen LogP contribution in [0.15, 0.2) is 49.0 Å². The van der Waals surface area contributed by atoms with Crippen molar-refractivity contribution in [2.45, 2.75) is 0 Å². The molecule has 0 radical (unpaired) electrons. The van der Waals surface area contributed by atoms with Gasteiger partial charge in [-0.25, -0.2) is 0 Å². The van der Waals surface area contributed by atoms with Crippen LogP contribution in [-0.2, 0) is 0 Å². The molecule has 1 aliphatic rings. The number of benzene rings is 2. The number of aromatic hydroxyl groups is 1. The van der Waals surface area contributed by atoms with E-state index in [2.05, 4.69) is 17.4 Å². The van der Waals surface area contributed by atoms with E-state index in [9.17, 15) is 9.90 Å². The lowest BCUT2D eigenvalue weighted by Crippen LogP contribution is -2.35. The molecule has 0 atom stereocenters. The first-order valence-electron chi connectivity index (χ1n) is 6.58. The highest BCUT2D eigenvalue weighted by molar-refractivity contribution is 5.94. The van der Waals surface area contributed by atoms with Gasteiger partial charge in [-0.05, 0) is 42.5 Å². The number of hydrazine groups is 1. The summed E-state index contributed by atoms with van der Waals surface area (Å²) in [7, 11) is 0. The van der Waals surface area contributed by atoms with Crippen LogP contribution in [0, 0.1) is 0 Å². The zero-order chi connectivity index (χ0) is 15.5. The Morgan fingerprint density at radius 2 is 1.68 bits per heavy atom. The number of phenols is 1. The van der Waals surface area contributed by atoms with Crippen LogP contribution in [0.2, 0.25) is 0 Å². The number of fused-ring (bicyclic) bond motifs is 1. The molecule has 1 amide bonds. The summed E-state index contributed by atoms with van der Waals surface area (Å²) in [5.41, 5.74) is 7.00. The summed E-state index contributed by atoms with van der Waals surface area (Å²) in [6.07, 6.45) is 0. The van der Waals surface area contributed by atoms with E-state index in [4.69, 9.17) is 9.47 Å². The lowest BCUT2D eigenvalue weighted by atomic mass is 10.1. The number of rotatable bonds is 4. The monoisotopic (exact) mass is 298 g/mol. The van der Waals surface area contributed by atoms with Crippen LogP contribution in [0.1, 0.15) is 15.9 Å². The van der Waals surface area contributed by atoms with E-state index in [0.717, 1.165) is 5.56 Å². The third-order valence-electron chi connectivity index (χ3n) is 3.18. The second-order valence-corrected chi connectivity index (χ2v) is 4.67. The summed E-state index contributed by atoms with van der Waals surface area (Å²) < 4.78 is 10.5. The van der Waals surface area contributed by atoms with Crippen molar-refractivity contribution in [3.63, 3.8) is 0 Å². The maximum Gasteiger partial charge on any atom is 0.269 e. The maximum absolute atomic E-state index is 11.9. The fourth-order valence-corrected chi connectivity index (χ4v) is 1.97. The van der Waals surface area contributed by atoms with Crippen LogP contribution in [0.4, 0.5) is 0 Å². The molecular formula is C16H14N2O4. The Morgan fingerprint density at radius 3 is 2.45 bits per heavy atom. The number of ether oxygens (including phenoxy) is 2. The molecule has 0 unspecified atom stereocenters. The number of nitrogens with one attached hydrogen (secondary N) is 2. The first-order valence-corrected chi connectivity index (χ1v) is 6.58. The van der Waals surface area contributed by atoms with Gasteiger partial charge in [0.2, 0.25) is 6.79 Å². The summed E-state index contributed by atoms with van der Waals surface area (Å²) in [6.45, 7) is 4.07. The molecule has 0 aliphatic carbocycles. The van der Waals surface area contributed by atoms with Crippen LogP contribution in [0.5, 0.6) is 17.2 Å². The summed E-state index contributed by atoms with van der Waals surface area (Å²) in [5.74, 6) is 1.10. The fourth-order valence-electron chi connectivity index (χ4n) is 1.97. The molecule has 3 rings (SSSR count). The highest BCUT2D eigenvalue weighted by Crippen LogP contribution is 2.33. The van der Waals surface area contributed by atoms with Crippen molar-refractivity contribution in [1.82, 2.24) is 10.9 Å². The molecule has 22 heavy (non-hydrogen) atoms. The van der Waals surface area contributed by atoms with Crippen molar-refractivity contribution in [3.8, 4) is 17.2 Å².